The number of esters is 1. The second-order valence-corrected chi connectivity index (χ2v) is 17.2. The van der Waals surface area contributed by atoms with Gasteiger partial charge in [-0.25, -0.2) is 0 Å². The summed E-state index contributed by atoms with van der Waals surface area (Å²) < 4.78 is 49.2. The summed E-state index contributed by atoms with van der Waals surface area (Å²) in [5.74, 6) is 1.31. The normalized spacial score (nSPS) is 44.3. The Bertz CT molecular complexity index is 1170. The maximum atomic E-state index is 14.7. The molecule has 4 heterocycles. The monoisotopic (exact) mass is 735 g/mol. The molecule has 0 radical (unpaired) electrons. The van der Waals surface area contributed by atoms with Gasteiger partial charge in [-0.05, 0) is 128 Å². The smallest absolute Gasteiger partial charge is 0.306 e. The number of rotatable bonds is 10. The Kier molecular flexibility index (Phi) is 14.2. The van der Waals surface area contributed by atoms with E-state index < -0.39 is 6.29 Å². The molecule has 0 aromatic carbocycles. The lowest BCUT2D eigenvalue weighted by Gasteiger charge is -2.51. The lowest BCUT2D eigenvalue weighted by Crippen LogP contribution is -2.60. The standard InChI is InChI=1S/C41H69NO10/c1-9-27-11-10-12-34(51-38-16-15-33(42(5)6)24(3)48-38)23(2)39(44)32-20-30-28-17-18-47-40-35(52-41(40)49-25(4)36(46-8)22-45-7)19-26(28)13-14-29(30)31(32)21-37(43)50-27/h23-36,38,40-41H,9-22H2,1-8H3. The molecule has 17 unspecified atom stereocenters. The van der Waals surface area contributed by atoms with Gasteiger partial charge >= 0.3 is 5.97 Å². The van der Waals surface area contributed by atoms with Gasteiger partial charge < -0.3 is 42.8 Å². The van der Waals surface area contributed by atoms with E-state index in [2.05, 4.69) is 39.8 Å². The zero-order chi connectivity index (χ0) is 37.1. The molecule has 17 atom stereocenters. The van der Waals surface area contributed by atoms with Gasteiger partial charge in [0.05, 0.1) is 31.0 Å². The number of hydrogen-bond donors (Lipinski definition) is 0. The zero-order valence-electron chi connectivity index (χ0n) is 33.2. The molecule has 52 heavy (non-hydrogen) atoms. The van der Waals surface area contributed by atoms with Crippen molar-refractivity contribution in [3.63, 3.8) is 0 Å². The highest BCUT2D eigenvalue weighted by Gasteiger charge is 2.56. The molecule has 6 aliphatic rings. The number of fused-ring (bicyclic) bond motifs is 6. The lowest BCUT2D eigenvalue weighted by atomic mass is 9.63. The first-order chi connectivity index (χ1) is 25.0. The highest BCUT2D eigenvalue weighted by atomic mass is 16.7. The maximum Gasteiger partial charge on any atom is 0.306 e. The molecule has 0 spiro atoms. The minimum atomic E-state index is -0.408. The third kappa shape index (κ3) is 8.93. The summed E-state index contributed by atoms with van der Waals surface area (Å²) in [6.45, 7) is 9.37. The lowest BCUT2D eigenvalue weighted by molar-refractivity contribution is -0.357. The van der Waals surface area contributed by atoms with E-state index in [0.29, 0.717) is 49.3 Å². The molecule has 0 amide bonds. The number of ether oxygens (including phenoxy) is 8. The van der Waals surface area contributed by atoms with Crippen LogP contribution in [-0.4, -0.2) is 120 Å². The van der Waals surface area contributed by atoms with Crippen molar-refractivity contribution in [3.05, 3.63) is 0 Å². The number of Topliss-reactive ketones (excluding diaryl/α,β-unsaturated/α-hetero) is 1. The second-order valence-electron chi connectivity index (χ2n) is 17.2. The van der Waals surface area contributed by atoms with E-state index in [0.717, 1.165) is 70.6 Å². The summed E-state index contributed by atoms with van der Waals surface area (Å²) in [7, 11) is 7.54. The first kappa shape index (κ1) is 40.5. The van der Waals surface area contributed by atoms with E-state index >= 15 is 0 Å². The summed E-state index contributed by atoms with van der Waals surface area (Å²) in [4.78, 5) is 30.5. The second kappa shape index (κ2) is 18.2. The van der Waals surface area contributed by atoms with Crippen LogP contribution in [0.5, 0.6) is 0 Å². The van der Waals surface area contributed by atoms with Crippen molar-refractivity contribution in [2.45, 2.75) is 166 Å². The van der Waals surface area contributed by atoms with Gasteiger partial charge in [0.15, 0.2) is 12.6 Å². The summed E-state index contributed by atoms with van der Waals surface area (Å²) in [5.41, 5.74) is 0. The highest BCUT2D eigenvalue weighted by molar-refractivity contribution is 5.85. The third-order valence-corrected chi connectivity index (χ3v) is 14.1. The number of methoxy groups -OCH3 is 2. The van der Waals surface area contributed by atoms with Crippen LogP contribution in [-0.2, 0) is 47.5 Å². The van der Waals surface area contributed by atoms with E-state index in [9.17, 15) is 9.59 Å². The van der Waals surface area contributed by atoms with Gasteiger partial charge in [-0.1, -0.05) is 13.8 Å². The van der Waals surface area contributed by atoms with Crippen LogP contribution in [0.4, 0.5) is 0 Å². The predicted octanol–water partition coefficient (Wildman–Crippen LogP) is 5.79. The van der Waals surface area contributed by atoms with Crippen molar-refractivity contribution in [1.29, 1.82) is 0 Å². The molecule has 0 aromatic rings. The molecule has 0 bridgehead atoms. The van der Waals surface area contributed by atoms with Crippen LogP contribution in [0.1, 0.15) is 105 Å². The minimum Gasteiger partial charge on any atom is -0.462 e. The van der Waals surface area contributed by atoms with Gasteiger partial charge in [0.25, 0.3) is 0 Å². The Hall–Kier alpha value is -1.18. The van der Waals surface area contributed by atoms with E-state index in [4.69, 9.17) is 37.9 Å². The minimum absolute atomic E-state index is 0.00202. The largest absolute Gasteiger partial charge is 0.462 e. The van der Waals surface area contributed by atoms with E-state index in [1.165, 1.54) is 0 Å². The van der Waals surface area contributed by atoms with Gasteiger partial charge in [0, 0.05) is 45.1 Å². The van der Waals surface area contributed by atoms with E-state index in [1.54, 1.807) is 14.2 Å². The molecule has 11 heteroatoms. The fraction of sp³-hybridized carbons (Fsp3) is 0.951. The average molecular weight is 736 g/mol. The number of nitrogens with zero attached hydrogens (tertiary/aromatic N) is 1. The topological polar surface area (TPSA) is 111 Å². The Labute approximate surface area is 312 Å². The average Bonchev–Trinajstić information content (AvgIpc) is 3.46. The van der Waals surface area contributed by atoms with E-state index in [1.807, 2.05) is 6.92 Å². The van der Waals surface area contributed by atoms with Crippen molar-refractivity contribution in [3.8, 4) is 0 Å². The van der Waals surface area contributed by atoms with Crippen molar-refractivity contribution >= 4 is 11.8 Å². The number of carbonyl (C=O) groups is 2. The van der Waals surface area contributed by atoms with Gasteiger partial charge in [-0.15, -0.1) is 0 Å². The summed E-state index contributed by atoms with van der Waals surface area (Å²) >= 11 is 0. The van der Waals surface area contributed by atoms with Crippen LogP contribution in [0.2, 0.25) is 0 Å². The number of carbonyl (C=O) groups excluding carboxylic acids is 2. The molecule has 4 aliphatic heterocycles. The Morgan fingerprint density at radius 2 is 1.71 bits per heavy atom. The van der Waals surface area contributed by atoms with Crippen LogP contribution >= 0.6 is 0 Å². The summed E-state index contributed by atoms with van der Waals surface area (Å²) in [6.07, 6.45) is 8.68. The number of hydrogen-bond acceptors (Lipinski definition) is 11. The summed E-state index contributed by atoms with van der Waals surface area (Å²) in [6, 6.07) is 0.357. The molecule has 11 nitrogen and oxygen atoms in total. The predicted molar refractivity (Wildman–Crippen MR) is 194 cm³/mol. The quantitative estimate of drug-likeness (QED) is 0.254. The Balaban J connectivity index is 1.15. The van der Waals surface area contributed by atoms with E-state index in [-0.39, 0.29) is 78.5 Å². The Morgan fingerprint density at radius 3 is 2.42 bits per heavy atom. The fourth-order valence-electron chi connectivity index (χ4n) is 11.1. The molecule has 2 saturated carbocycles. The van der Waals surface area contributed by atoms with Crippen LogP contribution in [0.25, 0.3) is 0 Å². The first-order valence-corrected chi connectivity index (χ1v) is 20.7. The highest BCUT2D eigenvalue weighted by Crippen LogP contribution is 2.57. The van der Waals surface area contributed by atoms with Crippen LogP contribution in [0.3, 0.4) is 0 Å². The summed E-state index contributed by atoms with van der Waals surface area (Å²) in [5, 5.41) is 0. The fourth-order valence-corrected chi connectivity index (χ4v) is 11.1. The molecular formula is C41H69NO10. The molecule has 2 aliphatic carbocycles. The van der Waals surface area contributed by atoms with Crippen molar-refractivity contribution < 1.29 is 47.5 Å². The van der Waals surface area contributed by atoms with Gasteiger partial charge in [0.2, 0.25) is 0 Å². The number of ketones is 1. The zero-order valence-corrected chi connectivity index (χ0v) is 33.2. The van der Waals surface area contributed by atoms with Crippen molar-refractivity contribution in [2.24, 2.45) is 41.4 Å². The van der Waals surface area contributed by atoms with Crippen LogP contribution in [0.15, 0.2) is 0 Å². The van der Waals surface area contributed by atoms with Crippen LogP contribution in [0, 0.1) is 41.4 Å². The third-order valence-electron chi connectivity index (χ3n) is 14.1. The number of cyclic esters (lactones) is 1. The Morgan fingerprint density at radius 1 is 0.904 bits per heavy atom. The molecule has 0 N–H and O–H groups in total. The van der Waals surface area contributed by atoms with Crippen molar-refractivity contribution in [1.82, 2.24) is 4.90 Å². The molecule has 0 aromatic heterocycles. The van der Waals surface area contributed by atoms with Gasteiger partial charge in [0.1, 0.15) is 24.1 Å². The molecule has 298 valence electrons. The number of likely N-dealkylation sites (N-methyl/N-ethyl adjacent to an activating group) is 1. The van der Waals surface area contributed by atoms with Gasteiger partial charge in [-0.3, -0.25) is 9.59 Å². The van der Waals surface area contributed by atoms with Crippen molar-refractivity contribution in [2.75, 3.05) is 41.5 Å². The first-order valence-electron chi connectivity index (χ1n) is 20.7. The van der Waals surface area contributed by atoms with Gasteiger partial charge in [-0.2, -0.15) is 0 Å². The maximum absolute atomic E-state index is 14.7. The SMILES string of the molecule is CCC1CCCC(OC2CCC(N(C)C)C(C)O2)C(C)C(=O)C2CC3C4CCOC5C(CC4CCC3C2CC(=O)O1)OC5OC(C)C(COC)OC. The molecule has 6 rings (SSSR count). The molecular weight excluding hydrogens is 666 g/mol. The molecule has 4 saturated heterocycles. The van der Waals surface area contributed by atoms with Crippen LogP contribution < -0.4 is 0 Å². The molecule has 6 fully saturated rings.